The molecule has 1 N–H and O–H groups in total. The molecule has 21 heavy (non-hydrogen) atoms. The van der Waals surface area contributed by atoms with E-state index in [-0.39, 0.29) is 0 Å². The number of carboxylic acids is 1. The zero-order valence-corrected chi connectivity index (χ0v) is 12.5. The smallest absolute Gasteiger partial charge is 0.311 e. The molecule has 0 heterocycles. The van der Waals surface area contributed by atoms with E-state index < -0.39 is 11.9 Å². The lowest BCUT2D eigenvalue weighted by molar-refractivity contribution is -0.138. The van der Waals surface area contributed by atoms with E-state index in [1.165, 1.54) is 0 Å². The number of ether oxygens (including phenoxy) is 1. The normalized spacial score (nSPS) is 11.9. The zero-order valence-electron chi connectivity index (χ0n) is 11.8. The monoisotopic (exact) mass is 304 g/mol. The van der Waals surface area contributed by atoms with Gasteiger partial charge in [0, 0.05) is 5.02 Å². The van der Waals surface area contributed by atoms with Gasteiger partial charge < -0.3 is 9.84 Å². The molecule has 0 spiro atoms. The van der Waals surface area contributed by atoms with Crippen LogP contribution in [0.25, 0.3) is 0 Å². The van der Waals surface area contributed by atoms with Crippen LogP contribution < -0.4 is 4.74 Å². The quantitative estimate of drug-likeness (QED) is 0.872. The summed E-state index contributed by atoms with van der Waals surface area (Å²) >= 11 is 6.02. The molecule has 2 aromatic rings. The molecule has 0 saturated carbocycles. The second-order valence-corrected chi connectivity index (χ2v) is 5.13. The Morgan fingerprint density at radius 1 is 1.24 bits per heavy atom. The molecule has 2 rings (SSSR count). The number of carbonyl (C=O) groups is 1. The third kappa shape index (κ3) is 3.99. The van der Waals surface area contributed by atoms with Crippen molar-refractivity contribution in [2.45, 2.75) is 19.3 Å². The Bertz CT molecular complexity index is 611. The first-order chi connectivity index (χ1) is 10.1. The largest absolute Gasteiger partial charge is 0.494 e. The Labute approximate surface area is 129 Å². The highest BCUT2D eigenvalue weighted by Crippen LogP contribution is 2.29. The number of hydrogen-bond acceptors (Lipinski definition) is 2. The standard InChI is InChI=1S/C17H17ClO3/c1-2-21-16-9-8-14(18)10-13(16)11-15(17(19)20)12-6-4-3-5-7-12/h3-10,15H,2,11H2,1H3,(H,19,20). The second kappa shape index (κ2) is 7.14. The van der Waals surface area contributed by atoms with Gasteiger partial charge in [-0.2, -0.15) is 0 Å². The molecule has 110 valence electrons. The van der Waals surface area contributed by atoms with Gasteiger partial charge >= 0.3 is 5.97 Å². The Hall–Kier alpha value is -2.00. The molecule has 0 aliphatic carbocycles. The van der Waals surface area contributed by atoms with Crippen LogP contribution in [0, 0.1) is 0 Å². The van der Waals surface area contributed by atoms with Crippen molar-refractivity contribution < 1.29 is 14.6 Å². The third-order valence-corrected chi connectivity index (χ3v) is 3.48. The van der Waals surface area contributed by atoms with Gasteiger partial charge in [-0.25, -0.2) is 0 Å². The van der Waals surface area contributed by atoms with E-state index in [1.807, 2.05) is 37.3 Å². The molecule has 0 bridgehead atoms. The number of halogens is 1. The molecule has 0 amide bonds. The number of carboxylic acid groups (broad SMARTS) is 1. The van der Waals surface area contributed by atoms with Gasteiger partial charge in [-0.05, 0) is 42.7 Å². The summed E-state index contributed by atoms with van der Waals surface area (Å²) in [7, 11) is 0. The summed E-state index contributed by atoms with van der Waals surface area (Å²) < 4.78 is 5.56. The summed E-state index contributed by atoms with van der Waals surface area (Å²) in [4.78, 5) is 11.6. The van der Waals surface area contributed by atoms with E-state index in [9.17, 15) is 9.90 Å². The Morgan fingerprint density at radius 3 is 2.57 bits per heavy atom. The van der Waals surface area contributed by atoms with Crippen molar-refractivity contribution in [2.24, 2.45) is 0 Å². The second-order valence-electron chi connectivity index (χ2n) is 4.69. The minimum absolute atomic E-state index is 0.342. The van der Waals surface area contributed by atoms with Crippen LogP contribution in [0.1, 0.15) is 24.0 Å². The first kappa shape index (κ1) is 15.4. The van der Waals surface area contributed by atoms with E-state index in [1.54, 1.807) is 18.2 Å². The van der Waals surface area contributed by atoms with E-state index >= 15 is 0 Å². The fourth-order valence-corrected chi connectivity index (χ4v) is 2.45. The molecule has 1 atom stereocenters. The minimum Gasteiger partial charge on any atom is -0.494 e. The lowest BCUT2D eigenvalue weighted by atomic mass is 9.92. The molecular formula is C17H17ClO3. The highest BCUT2D eigenvalue weighted by molar-refractivity contribution is 6.30. The van der Waals surface area contributed by atoms with E-state index in [4.69, 9.17) is 16.3 Å². The van der Waals surface area contributed by atoms with E-state index in [0.29, 0.717) is 23.8 Å². The summed E-state index contributed by atoms with van der Waals surface area (Å²) in [6.45, 7) is 2.42. The molecule has 3 nitrogen and oxygen atoms in total. The zero-order chi connectivity index (χ0) is 15.2. The third-order valence-electron chi connectivity index (χ3n) is 3.25. The van der Waals surface area contributed by atoms with Crippen molar-refractivity contribution in [3.63, 3.8) is 0 Å². The molecule has 1 unspecified atom stereocenters. The molecule has 4 heteroatoms. The van der Waals surface area contributed by atoms with Crippen molar-refractivity contribution in [3.8, 4) is 5.75 Å². The van der Waals surface area contributed by atoms with Crippen LogP contribution in [0.5, 0.6) is 5.75 Å². The Kier molecular flexibility index (Phi) is 5.23. The summed E-state index contributed by atoms with van der Waals surface area (Å²) in [5, 5.41) is 10.1. The van der Waals surface area contributed by atoms with Gasteiger partial charge in [-0.15, -0.1) is 0 Å². The highest BCUT2D eigenvalue weighted by Gasteiger charge is 2.22. The van der Waals surface area contributed by atoms with Gasteiger partial charge in [0.2, 0.25) is 0 Å². The van der Waals surface area contributed by atoms with Gasteiger partial charge in [0.15, 0.2) is 0 Å². The number of benzene rings is 2. The van der Waals surface area contributed by atoms with Crippen molar-refractivity contribution in [1.82, 2.24) is 0 Å². The minimum atomic E-state index is -0.858. The van der Waals surface area contributed by atoms with Crippen molar-refractivity contribution in [1.29, 1.82) is 0 Å². The van der Waals surface area contributed by atoms with E-state index in [2.05, 4.69) is 0 Å². The molecule has 0 fully saturated rings. The predicted octanol–water partition coefficient (Wildman–Crippen LogP) is 4.15. The van der Waals surface area contributed by atoms with Crippen molar-refractivity contribution in [2.75, 3.05) is 6.61 Å². The van der Waals surface area contributed by atoms with E-state index in [0.717, 1.165) is 11.1 Å². The maximum Gasteiger partial charge on any atom is 0.311 e. The number of aliphatic carboxylic acids is 1. The van der Waals surface area contributed by atoms with Gasteiger partial charge in [0.1, 0.15) is 5.75 Å². The average Bonchev–Trinajstić information content (AvgIpc) is 2.48. The van der Waals surface area contributed by atoms with Gasteiger partial charge in [-0.3, -0.25) is 4.79 Å². The van der Waals surface area contributed by atoms with Crippen LogP contribution in [-0.2, 0) is 11.2 Å². The van der Waals surface area contributed by atoms with Gasteiger partial charge in [0.05, 0.1) is 12.5 Å². The summed E-state index contributed by atoms with van der Waals surface area (Å²) in [5.74, 6) is -0.795. The van der Waals surface area contributed by atoms with Crippen molar-refractivity contribution in [3.05, 3.63) is 64.7 Å². The average molecular weight is 305 g/mol. The lowest BCUT2D eigenvalue weighted by Gasteiger charge is -2.16. The summed E-state index contributed by atoms with van der Waals surface area (Å²) in [6, 6.07) is 14.5. The van der Waals surface area contributed by atoms with Crippen LogP contribution in [0.15, 0.2) is 48.5 Å². The highest BCUT2D eigenvalue weighted by atomic mass is 35.5. The maximum absolute atomic E-state index is 11.6. The number of rotatable bonds is 6. The van der Waals surface area contributed by atoms with Gasteiger partial charge in [0.25, 0.3) is 0 Å². The molecule has 2 aromatic carbocycles. The predicted molar refractivity (Wildman–Crippen MR) is 83.1 cm³/mol. The maximum atomic E-state index is 11.6. The van der Waals surface area contributed by atoms with Crippen LogP contribution in [0.3, 0.4) is 0 Å². The van der Waals surface area contributed by atoms with Crippen LogP contribution >= 0.6 is 11.6 Å². The Morgan fingerprint density at radius 2 is 1.95 bits per heavy atom. The van der Waals surface area contributed by atoms with Gasteiger partial charge in [-0.1, -0.05) is 41.9 Å². The van der Waals surface area contributed by atoms with Crippen LogP contribution in [0.4, 0.5) is 0 Å². The SMILES string of the molecule is CCOc1ccc(Cl)cc1CC(C(=O)O)c1ccccc1. The molecule has 0 saturated heterocycles. The molecule has 0 radical (unpaired) electrons. The van der Waals surface area contributed by atoms with Crippen LogP contribution in [-0.4, -0.2) is 17.7 Å². The molecule has 0 aliphatic heterocycles. The molecule has 0 aromatic heterocycles. The lowest BCUT2D eigenvalue weighted by Crippen LogP contribution is -2.15. The molecular weight excluding hydrogens is 288 g/mol. The topological polar surface area (TPSA) is 46.5 Å². The van der Waals surface area contributed by atoms with Crippen LogP contribution in [0.2, 0.25) is 5.02 Å². The summed E-state index contributed by atoms with van der Waals surface area (Å²) in [5.41, 5.74) is 1.58. The molecule has 0 aliphatic rings. The Balaban J connectivity index is 2.33. The first-order valence-corrected chi connectivity index (χ1v) is 7.18. The first-order valence-electron chi connectivity index (χ1n) is 6.80. The fraction of sp³-hybridized carbons (Fsp3) is 0.235. The summed E-state index contributed by atoms with van der Waals surface area (Å²) in [6.07, 6.45) is 0.342. The number of hydrogen-bond donors (Lipinski definition) is 1. The fourth-order valence-electron chi connectivity index (χ4n) is 2.26. The van der Waals surface area contributed by atoms with Crippen molar-refractivity contribution >= 4 is 17.6 Å².